The van der Waals surface area contributed by atoms with E-state index in [1.165, 1.54) is 11.5 Å². The molecule has 1 nitrogen and oxygen atoms in total. The summed E-state index contributed by atoms with van der Waals surface area (Å²) in [5.74, 6) is 2.48. The fourth-order valence-corrected chi connectivity index (χ4v) is 4.49. The second kappa shape index (κ2) is 2.47. The number of aliphatic hydroxyl groups excluding tert-OH is 1. The summed E-state index contributed by atoms with van der Waals surface area (Å²) in [7, 11) is 0. The molecular formula is C7H10OS2. The summed E-state index contributed by atoms with van der Waals surface area (Å²) in [5, 5.41) is 9.24. The van der Waals surface area contributed by atoms with Crippen LogP contribution in [0.2, 0.25) is 0 Å². The normalized spacial score (nSPS) is 35.9. The molecule has 0 aromatic carbocycles. The molecular weight excluding hydrogens is 164 g/mol. The van der Waals surface area contributed by atoms with Crippen LogP contribution in [0.1, 0.15) is 6.42 Å². The van der Waals surface area contributed by atoms with E-state index in [1.807, 2.05) is 29.6 Å². The van der Waals surface area contributed by atoms with Gasteiger partial charge in [0.05, 0.1) is 10.2 Å². The molecule has 1 spiro atoms. The third-order valence-corrected chi connectivity index (χ3v) is 5.21. The Kier molecular flexibility index (Phi) is 1.74. The van der Waals surface area contributed by atoms with E-state index in [-0.39, 0.29) is 10.2 Å². The Morgan fingerprint density at radius 3 is 2.60 bits per heavy atom. The Morgan fingerprint density at radius 2 is 2.10 bits per heavy atom. The van der Waals surface area contributed by atoms with E-state index in [9.17, 15) is 5.11 Å². The molecule has 0 aromatic heterocycles. The SMILES string of the molecule is O[C@H]1C=CC2(C1)SCCS2. The number of aliphatic hydroxyl groups is 1. The van der Waals surface area contributed by atoms with Crippen LogP contribution in [0.4, 0.5) is 0 Å². The van der Waals surface area contributed by atoms with Gasteiger partial charge in [-0.05, 0) is 0 Å². The molecule has 1 aliphatic carbocycles. The fourth-order valence-electron chi connectivity index (χ4n) is 1.37. The zero-order valence-electron chi connectivity index (χ0n) is 5.62. The van der Waals surface area contributed by atoms with Crippen LogP contribution in [0.5, 0.6) is 0 Å². The summed E-state index contributed by atoms with van der Waals surface area (Å²) >= 11 is 3.94. The first kappa shape index (κ1) is 7.07. The molecule has 1 aliphatic heterocycles. The van der Waals surface area contributed by atoms with Crippen LogP contribution >= 0.6 is 23.5 Å². The Morgan fingerprint density at radius 1 is 1.40 bits per heavy atom. The molecule has 1 heterocycles. The zero-order valence-corrected chi connectivity index (χ0v) is 7.25. The number of thioether (sulfide) groups is 2. The van der Waals surface area contributed by atoms with Gasteiger partial charge in [-0.25, -0.2) is 0 Å². The van der Waals surface area contributed by atoms with Gasteiger partial charge in [-0.15, -0.1) is 23.5 Å². The highest BCUT2D eigenvalue weighted by molar-refractivity contribution is 8.21. The predicted octanol–water partition coefficient (Wildman–Crippen LogP) is 1.48. The van der Waals surface area contributed by atoms with Crippen LogP contribution in [0.15, 0.2) is 12.2 Å². The summed E-state index contributed by atoms with van der Waals surface area (Å²) in [6.45, 7) is 0. The van der Waals surface area contributed by atoms with E-state index >= 15 is 0 Å². The molecule has 0 amide bonds. The highest BCUT2D eigenvalue weighted by Crippen LogP contribution is 2.50. The van der Waals surface area contributed by atoms with Crippen molar-refractivity contribution in [3.05, 3.63) is 12.2 Å². The van der Waals surface area contributed by atoms with Crippen molar-refractivity contribution in [2.45, 2.75) is 16.6 Å². The standard InChI is InChI=1S/C7H10OS2/c8-6-1-2-7(5-6)9-3-4-10-7/h1-2,6,8H,3-5H2/t6-/m0/s1. The Balaban J connectivity index is 2.11. The van der Waals surface area contributed by atoms with Crippen LogP contribution in [-0.2, 0) is 0 Å². The lowest BCUT2D eigenvalue weighted by atomic mass is 10.3. The Hall–Kier alpha value is 0.400. The lowest BCUT2D eigenvalue weighted by Gasteiger charge is -2.18. The molecule has 1 saturated heterocycles. The minimum atomic E-state index is -0.182. The molecule has 0 bridgehead atoms. The van der Waals surface area contributed by atoms with Gasteiger partial charge in [0, 0.05) is 17.9 Å². The van der Waals surface area contributed by atoms with Crippen molar-refractivity contribution in [1.29, 1.82) is 0 Å². The van der Waals surface area contributed by atoms with Crippen LogP contribution in [0.25, 0.3) is 0 Å². The van der Waals surface area contributed by atoms with Gasteiger partial charge in [0.25, 0.3) is 0 Å². The summed E-state index contributed by atoms with van der Waals surface area (Å²) in [5.41, 5.74) is 0. The van der Waals surface area contributed by atoms with E-state index < -0.39 is 0 Å². The first-order valence-electron chi connectivity index (χ1n) is 3.46. The number of hydrogen-bond acceptors (Lipinski definition) is 3. The minimum absolute atomic E-state index is 0.182. The molecule has 10 heavy (non-hydrogen) atoms. The number of rotatable bonds is 0. The summed E-state index contributed by atoms with van der Waals surface area (Å²) in [4.78, 5) is 0. The van der Waals surface area contributed by atoms with Gasteiger partial charge in [-0.1, -0.05) is 12.2 Å². The molecule has 1 N–H and O–H groups in total. The molecule has 2 rings (SSSR count). The highest BCUT2D eigenvalue weighted by atomic mass is 32.2. The first-order valence-corrected chi connectivity index (χ1v) is 5.43. The van der Waals surface area contributed by atoms with Gasteiger partial charge in [0.15, 0.2) is 0 Å². The van der Waals surface area contributed by atoms with Gasteiger partial charge >= 0.3 is 0 Å². The second-order valence-corrected chi connectivity index (χ2v) is 5.75. The van der Waals surface area contributed by atoms with E-state index in [1.54, 1.807) is 0 Å². The molecule has 56 valence electrons. The Labute approximate surface area is 69.3 Å². The lowest BCUT2D eigenvalue weighted by molar-refractivity contribution is 0.222. The average molecular weight is 174 g/mol. The summed E-state index contributed by atoms with van der Waals surface area (Å²) < 4.78 is 0.263. The third kappa shape index (κ3) is 1.11. The maximum absolute atomic E-state index is 9.24. The smallest absolute Gasteiger partial charge is 0.0820 e. The highest BCUT2D eigenvalue weighted by Gasteiger charge is 2.37. The molecule has 1 atom stereocenters. The maximum atomic E-state index is 9.24. The van der Waals surface area contributed by atoms with Crippen molar-refractivity contribution >= 4 is 23.5 Å². The van der Waals surface area contributed by atoms with Crippen molar-refractivity contribution in [3.63, 3.8) is 0 Å². The largest absolute Gasteiger partial charge is 0.389 e. The minimum Gasteiger partial charge on any atom is -0.389 e. The molecule has 1 fully saturated rings. The molecule has 2 aliphatic rings. The molecule has 3 heteroatoms. The van der Waals surface area contributed by atoms with Crippen LogP contribution in [-0.4, -0.2) is 26.8 Å². The van der Waals surface area contributed by atoms with Crippen LogP contribution in [0.3, 0.4) is 0 Å². The second-order valence-electron chi connectivity index (χ2n) is 2.64. The van der Waals surface area contributed by atoms with E-state index in [0.717, 1.165) is 6.42 Å². The topological polar surface area (TPSA) is 20.2 Å². The zero-order chi connectivity index (χ0) is 7.03. The summed E-state index contributed by atoms with van der Waals surface area (Å²) in [6, 6.07) is 0. The third-order valence-electron chi connectivity index (χ3n) is 1.84. The van der Waals surface area contributed by atoms with Crippen molar-refractivity contribution in [2.75, 3.05) is 11.5 Å². The quantitative estimate of drug-likeness (QED) is 0.562. The molecule has 0 saturated carbocycles. The van der Waals surface area contributed by atoms with E-state index in [0.29, 0.717) is 0 Å². The maximum Gasteiger partial charge on any atom is 0.0820 e. The fraction of sp³-hybridized carbons (Fsp3) is 0.714. The lowest BCUT2D eigenvalue weighted by Crippen LogP contribution is -2.13. The van der Waals surface area contributed by atoms with Crippen molar-refractivity contribution in [2.24, 2.45) is 0 Å². The average Bonchev–Trinajstić information content (AvgIpc) is 2.46. The monoisotopic (exact) mass is 174 g/mol. The van der Waals surface area contributed by atoms with E-state index in [4.69, 9.17) is 0 Å². The van der Waals surface area contributed by atoms with Gasteiger partial charge in [-0.2, -0.15) is 0 Å². The molecule has 0 radical (unpaired) electrons. The van der Waals surface area contributed by atoms with Crippen LogP contribution < -0.4 is 0 Å². The van der Waals surface area contributed by atoms with Gasteiger partial charge in [-0.3, -0.25) is 0 Å². The number of hydrogen-bond donors (Lipinski definition) is 1. The van der Waals surface area contributed by atoms with Crippen molar-refractivity contribution < 1.29 is 5.11 Å². The first-order chi connectivity index (χ1) is 4.81. The predicted molar refractivity (Wildman–Crippen MR) is 47.4 cm³/mol. The Bertz CT molecular complexity index is 161. The van der Waals surface area contributed by atoms with Gasteiger partial charge in [0.1, 0.15) is 0 Å². The molecule has 0 aromatic rings. The van der Waals surface area contributed by atoms with Crippen molar-refractivity contribution in [3.8, 4) is 0 Å². The van der Waals surface area contributed by atoms with Gasteiger partial charge < -0.3 is 5.11 Å². The van der Waals surface area contributed by atoms with E-state index in [2.05, 4.69) is 6.08 Å². The van der Waals surface area contributed by atoms with Crippen LogP contribution in [0, 0.1) is 0 Å². The van der Waals surface area contributed by atoms with Gasteiger partial charge in [0.2, 0.25) is 0 Å². The molecule has 0 unspecified atom stereocenters. The van der Waals surface area contributed by atoms with Crippen molar-refractivity contribution in [1.82, 2.24) is 0 Å². The summed E-state index contributed by atoms with van der Waals surface area (Å²) in [6.07, 6.45) is 4.83.